The highest BCUT2D eigenvalue weighted by Crippen LogP contribution is 2.24. The van der Waals surface area contributed by atoms with Gasteiger partial charge in [-0.1, -0.05) is 0 Å². The van der Waals surface area contributed by atoms with Crippen LogP contribution in [0.25, 0.3) is 0 Å². The summed E-state index contributed by atoms with van der Waals surface area (Å²) in [4.78, 5) is 0. The van der Waals surface area contributed by atoms with Crippen molar-refractivity contribution in [1.82, 2.24) is 5.32 Å². The van der Waals surface area contributed by atoms with Gasteiger partial charge in [0.2, 0.25) is 0 Å². The largest absolute Gasteiger partial charge is 0.497 e. The van der Waals surface area contributed by atoms with Gasteiger partial charge >= 0.3 is 0 Å². The van der Waals surface area contributed by atoms with E-state index in [-0.39, 0.29) is 11.9 Å². The zero-order valence-electron chi connectivity index (χ0n) is 8.63. The molecule has 0 spiro atoms. The minimum absolute atomic E-state index is 0.190. The van der Waals surface area contributed by atoms with Gasteiger partial charge in [0.05, 0.1) is 19.8 Å². The third kappa shape index (κ3) is 2.27. The highest BCUT2D eigenvalue weighted by atomic mass is 19.1. The van der Waals surface area contributed by atoms with E-state index in [9.17, 15) is 4.39 Å². The molecule has 15 heavy (non-hydrogen) atoms. The molecule has 0 radical (unpaired) electrons. The number of rotatable bonds is 2. The molecule has 1 saturated heterocycles. The summed E-state index contributed by atoms with van der Waals surface area (Å²) in [5.74, 6) is 0.253. The van der Waals surface area contributed by atoms with Crippen LogP contribution in [0.1, 0.15) is 11.7 Å². The first-order valence-corrected chi connectivity index (χ1v) is 4.97. The number of benzene rings is 1. The van der Waals surface area contributed by atoms with Crippen molar-refractivity contribution in [3.8, 4) is 5.75 Å². The maximum Gasteiger partial charge on any atom is 0.132 e. The second-order valence-electron chi connectivity index (χ2n) is 3.45. The molecule has 1 aliphatic rings. The predicted octanol–water partition coefficient (Wildman–Crippen LogP) is 1.50. The van der Waals surface area contributed by atoms with Crippen molar-refractivity contribution in [2.45, 2.75) is 6.10 Å². The van der Waals surface area contributed by atoms with Gasteiger partial charge in [-0.25, -0.2) is 4.39 Å². The average Bonchev–Trinajstić information content (AvgIpc) is 2.30. The third-order valence-corrected chi connectivity index (χ3v) is 2.48. The zero-order chi connectivity index (χ0) is 10.7. The first kappa shape index (κ1) is 10.4. The van der Waals surface area contributed by atoms with E-state index in [1.807, 2.05) is 0 Å². The first-order valence-electron chi connectivity index (χ1n) is 4.97. The molecule has 1 unspecified atom stereocenters. The van der Waals surface area contributed by atoms with Crippen molar-refractivity contribution in [2.75, 3.05) is 26.8 Å². The molecular formula is C11H14FNO2. The fraction of sp³-hybridized carbons (Fsp3) is 0.455. The van der Waals surface area contributed by atoms with Gasteiger partial charge in [0.1, 0.15) is 11.6 Å². The lowest BCUT2D eigenvalue weighted by molar-refractivity contribution is 0.0255. The van der Waals surface area contributed by atoms with E-state index in [2.05, 4.69) is 5.32 Å². The molecule has 1 heterocycles. The van der Waals surface area contributed by atoms with E-state index in [0.717, 1.165) is 6.54 Å². The van der Waals surface area contributed by atoms with E-state index in [1.54, 1.807) is 12.1 Å². The number of morpholine rings is 1. The lowest BCUT2D eigenvalue weighted by Crippen LogP contribution is -2.33. The minimum Gasteiger partial charge on any atom is -0.497 e. The van der Waals surface area contributed by atoms with Crippen LogP contribution in [0, 0.1) is 5.82 Å². The fourth-order valence-electron chi connectivity index (χ4n) is 1.66. The Morgan fingerprint density at radius 1 is 1.53 bits per heavy atom. The fourth-order valence-corrected chi connectivity index (χ4v) is 1.66. The van der Waals surface area contributed by atoms with E-state index in [0.29, 0.717) is 24.5 Å². The Kier molecular flexibility index (Phi) is 3.18. The Morgan fingerprint density at radius 2 is 2.40 bits per heavy atom. The topological polar surface area (TPSA) is 30.5 Å². The summed E-state index contributed by atoms with van der Waals surface area (Å²) in [5.41, 5.74) is 0.586. The summed E-state index contributed by atoms with van der Waals surface area (Å²) in [7, 11) is 1.52. The second-order valence-corrected chi connectivity index (χ2v) is 3.45. The Balaban J connectivity index is 2.19. The van der Waals surface area contributed by atoms with Gasteiger partial charge < -0.3 is 14.8 Å². The van der Waals surface area contributed by atoms with Crippen molar-refractivity contribution >= 4 is 0 Å². The van der Waals surface area contributed by atoms with Crippen LogP contribution in [0.15, 0.2) is 18.2 Å². The van der Waals surface area contributed by atoms with E-state index in [4.69, 9.17) is 9.47 Å². The van der Waals surface area contributed by atoms with Gasteiger partial charge in [0, 0.05) is 24.7 Å². The highest BCUT2D eigenvalue weighted by molar-refractivity contribution is 5.30. The maximum atomic E-state index is 13.6. The van der Waals surface area contributed by atoms with Crippen LogP contribution < -0.4 is 10.1 Å². The summed E-state index contributed by atoms with van der Waals surface area (Å²) in [5, 5.41) is 3.17. The monoisotopic (exact) mass is 211 g/mol. The van der Waals surface area contributed by atoms with Crippen molar-refractivity contribution in [3.05, 3.63) is 29.6 Å². The van der Waals surface area contributed by atoms with Gasteiger partial charge in [0.15, 0.2) is 0 Å². The van der Waals surface area contributed by atoms with Gasteiger partial charge in [-0.3, -0.25) is 0 Å². The van der Waals surface area contributed by atoms with Crippen molar-refractivity contribution in [2.24, 2.45) is 0 Å². The summed E-state index contributed by atoms with van der Waals surface area (Å²) in [6, 6.07) is 4.84. The van der Waals surface area contributed by atoms with E-state index >= 15 is 0 Å². The normalized spacial score (nSPS) is 21.3. The van der Waals surface area contributed by atoms with Crippen LogP contribution in [0.5, 0.6) is 5.75 Å². The van der Waals surface area contributed by atoms with Crippen LogP contribution in [-0.4, -0.2) is 26.8 Å². The molecule has 0 amide bonds. The average molecular weight is 211 g/mol. The van der Waals surface area contributed by atoms with Gasteiger partial charge in [-0.15, -0.1) is 0 Å². The first-order chi connectivity index (χ1) is 7.31. The SMILES string of the molecule is COc1ccc(C2CNCCO2)c(F)c1. The second kappa shape index (κ2) is 4.59. The molecule has 0 aromatic heterocycles. The number of nitrogens with one attached hydrogen (secondary N) is 1. The molecule has 4 heteroatoms. The summed E-state index contributed by atoms with van der Waals surface area (Å²) >= 11 is 0. The van der Waals surface area contributed by atoms with Crippen molar-refractivity contribution in [3.63, 3.8) is 0 Å². The highest BCUT2D eigenvalue weighted by Gasteiger charge is 2.19. The molecule has 1 atom stereocenters. The Hall–Kier alpha value is -1.13. The van der Waals surface area contributed by atoms with E-state index < -0.39 is 0 Å². The minimum atomic E-state index is -0.275. The summed E-state index contributed by atoms with van der Waals surface area (Å²) < 4.78 is 24.0. The molecule has 1 aliphatic heterocycles. The summed E-state index contributed by atoms with van der Waals surface area (Å²) in [6.07, 6.45) is -0.190. The molecular weight excluding hydrogens is 197 g/mol. The summed E-state index contributed by atoms with van der Waals surface area (Å²) in [6.45, 7) is 2.10. The predicted molar refractivity (Wildman–Crippen MR) is 54.5 cm³/mol. The molecule has 1 aromatic carbocycles. The van der Waals surface area contributed by atoms with Gasteiger partial charge in [0.25, 0.3) is 0 Å². The van der Waals surface area contributed by atoms with Gasteiger partial charge in [-0.05, 0) is 12.1 Å². The molecule has 1 aromatic rings. The molecule has 0 saturated carbocycles. The van der Waals surface area contributed by atoms with Gasteiger partial charge in [-0.2, -0.15) is 0 Å². The number of hydrogen-bond donors (Lipinski definition) is 1. The van der Waals surface area contributed by atoms with E-state index in [1.165, 1.54) is 13.2 Å². The smallest absolute Gasteiger partial charge is 0.132 e. The molecule has 3 nitrogen and oxygen atoms in total. The van der Waals surface area contributed by atoms with Crippen LogP contribution in [0.4, 0.5) is 4.39 Å². The van der Waals surface area contributed by atoms with Crippen LogP contribution in [-0.2, 0) is 4.74 Å². The number of methoxy groups -OCH3 is 1. The third-order valence-electron chi connectivity index (χ3n) is 2.48. The standard InChI is InChI=1S/C11H14FNO2/c1-14-8-2-3-9(10(12)6-8)11-7-13-4-5-15-11/h2-3,6,11,13H,4-5,7H2,1H3. The van der Waals surface area contributed by atoms with Crippen LogP contribution >= 0.6 is 0 Å². The molecule has 0 aliphatic carbocycles. The zero-order valence-corrected chi connectivity index (χ0v) is 8.63. The molecule has 2 rings (SSSR count). The van der Waals surface area contributed by atoms with Crippen LogP contribution in [0.2, 0.25) is 0 Å². The lowest BCUT2D eigenvalue weighted by Gasteiger charge is -2.24. The number of halogens is 1. The molecule has 0 bridgehead atoms. The lowest BCUT2D eigenvalue weighted by atomic mass is 10.1. The number of hydrogen-bond acceptors (Lipinski definition) is 3. The Morgan fingerprint density at radius 3 is 3.00 bits per heavy atom. The quantitative estimate of drug-likeness (QED) is 0.804. The van der Waals surface area contributed by atoms with Crippen molar-refractivity contribution < 1.29 is 13.9 Å². The molecule has 1 fully saturated rings. The molecule has 82 valence electrons. The van der Waals surface area contributed by atoms with Crippen molar-refractivity contribution in [1.29, 1.82) is 0 Å². The number of ether oxygens (including phenoxy) is 2. The van der Waals surface area contributed by atoms with Crippen LogP contribution in [0.3, 0.4) is 0 Å². The Bertz CT molecular complexity index is 337. The maximum absolute atomic E-state index is 13.6. The Labute approximate surface area is 88.2 Å². The molecule has 1 N–H and O–H groups in total.